The maximum atomic E-state index is 12.2. The van der Waals surface area contributed by atoms with Crippen molar-refractivity contribution in [1.82, 2.24) is 15.6 Å². The second kappa shape index (κ2) is 8.62. The van der Waals surface area contributed by atoms with Gasteiger partial charge < -0.3 is 15.5 Å². The molecule has 1 aromatic carbocycles. The number of carbonyl (C=O) groups excluding carboxylic acids is 1. The number of nitrogens with zero attached hydrogens (tertiary/aromatic N) is 2. The minimum absolute atomic E-state index is 0.0926. The zero-order valence-corrected chi connectivity index (χ0v) is 14.7. The Morgan fingerprint density at radius 1 is 1.24 bits per heavy atom. The van der Waals surface area contributed by atoms with Crippen LogP contribution in [0.25, 0.3) is 0 Å². The number of hydrogen-bond donors (Lipinski definition) is 2. The van der Waals surface area contributed by atoms with Gasteiger partial charge in [-0.3, -0.25) is 4.79 Å². The Morgan fingerprint density at radius 2 is 2.08 bits per heavy atom. The predicted octanol–water partition coefficient (Wildman–Crippen LogP) is 2.76. The molecule has 5 heteroatoms. The third-order valence-corrected chi connectivity index (χ3v) is 4.48. The summed E-state index contributed by atoms with van der Waals surface area (Å²) in [4.78, 5) is 19.1. The Labute approximate surface area is 149 Å². The molecule has 0 unspecified atom stereocenters. The summed E-state index contributed by atoms with van der Waals surface area (Å²) in [5.74, 6) is 0.774. The van der Waals surface area contributed by atoms with Crippen molar-refractivity contribution < 1.29 is 4.79 Å². The molecule has 1 aromatic heterocycles. The topological polar surface area (TPSA) is 57.3 Å². The third kappa shape index (κ3) is 4.57. The average Bonchev–Trinajstić information content (AvgIpc) is 2.69. The number of nitrogens with one attached hydrogen (secondary N) is 2. The monoisotopic (exact) mass is 338 g/mol. The summed E-state index contributed by atoms with van der Waals surface area (Å²) < 4.78 is 0. The van der Waals surface area contributed by atoms with Gasteiger partial charge in [0.05, 0.1) is 0 Å². The molecular formula is C20H26N4O. The van der Waals surface area contributed by atoms with Gasteiger partial charge >= 0.3 is 0 Å². The smallest absolute Gasteiger partial charge is 0.269 e. The number of hydrogen-bond acceptors (Lipinski definition) is 4. The Bertz CT molecular complexity index is 689. The van der Waals surface area contributed by atoms with Crippen molar-refractivity contribution in [2.75, 3.05) is 31.1 Å². The highest BCUT2D eigenvalue weighted by molar-refractivity contribution is 5.92. The SMILES string of the molecule is CCCCNC(=O)c1cccc(N2CCN[C@H](c3ccccc3)C2)n1. The number of benzene rings is 1. The van der Waals surface area contributed by atoms with E-state index in [0.29, 0.717) is 12.2 Å². The Balaban J connectivity index is 1.69. The zero-order chi connectivity index (χ0) is 17.5. The van der Waals surface area contributed by atoms with Crippen molar-refractivity contribution >= 4 is 11.7 Å². The summed E-state index contributed by atoms with van der Waals surface area (Å²) in [6, 6.07) is 16.4. The molecule has 2 heterocycles. The van der Waals surface area contributed by atoms with Gasteiger partial charge in [0, 0.05) is 32.2 Å². The minimum Gasteiger partial charge on any atom is -0.353 e. The number of amides is 1. The number of aromatic nitrogens is 1. The lowest BCUT2D eigenvalue weighted by atomic mass is 10.0. The number of rotatable bonds is 6. The Kier molecular flexibility index (Phi) is 6.01. The van der Waals surface area contributed by atoms with Crippen LogP contribution in [0.5, 0.6) is 0 Å². The van der Waals surface area contributed by atoms with Crippen LogP contribution in [0.15, 0.2) is 48.5 Å². The van der Waals surface area contributed by atoms with Crippen LogP contribution in [0.1, 0.15) is 41.9 Å². The second-order valence-electron chi connectivity index (χ2n) is 6.35. The number of unbranched alkanes of at least 4 members (excludes halogenated alkanes) is 1. The fraction of sp³-hybridized carbons (Fsp3) is 0.400. The zero-order valence-electron chi connectivity index (χ0n) is 14.7. The molecule has 2 N–H and O–H groups in total. The van der Waals surface area contributed by atoms with E-state index in [0.717, 1.165) is 38.3 Å². The Morgan fingerprint density at radius 3 is 2.88 bits per heavy atom. The summed E-state index contributed by atoms with van der Waals surface area (Å²) in [7, 11) is 0. The van der Waals surface area contributed by atoms with Gasteiger partial charge in [0.25, 0.3) is 5.91 Å². The molecule has 0 bridgehead atoms. The summed E-state index contributed by atoms with van der Waals surface area (Å²) >= 11 is 0. The van der Waals surface area contributed by atoms with Crippen LogP contribution in [0.4, 0.5) is 5.82 Å². The highest BCUT2D eigenvalue weighted by atomic mass is 16.1. The van der Waals surface area contributed by atoms with Crippen LogP contribution in [-0.4, -0.2) is 37.1 Å². The standard InChI is InChI=1S/C20H26N4O/c1-2-3-12-22-20(25)17-10-7-11-19(23-17)24-14-13-21-18(15-24)16-8-5-4-6-9-16/h4-11,18,21H,2-3,12-15H2,1H3,(H,22,25)/t18-/m0/s1. The molecule has 1 aliphatic heterocycles. The lowest BCUT2D eigenvalue weighted by Crippen LogP contribution is -2.46. The molecule has 0 radical (unpaired) electrons. The molecule has 5 nitrogen and oxygen atoms in total. The summed E-state index contributed by atoms with van der Waals surface area (Å²) in [6.45, 7) is 5.44. The maximum Gasteiger partial charge on any atom is 0.269 e. The van der Waals surface area contributed by atoms with Crippen molar-refractivity contribution in [3.8, 4) is 0 Å². The lowest BCUT2D eigenvalue weighted by molar-refractivity contribution is 0.0948. The summed E-state index contributed by atoms with van der Waals surface area (Å²) in [5, 5.41) is 6.49. The van der Waals surface area contributed by atoms with E-state index < -0.39 is 0 Å². The van der Waals surface area contributed by atoms with Crippen LogP contribution in [0.3, 0.4) is 0 Å². The van der Waals surface area contributed by atoms with Gasteiger partial charge in [-0.15, -0.1) is 0 Å². The van der Waals surface area contributed by atoms with E-state index in [1.807, 2.05) is 18.2 Å². The first-order chi connectivity index (χ1) is 12.3. The fourth-order valence-corrected chi connectivity index (χ4v) is 3.06. The van der Waals surface area contributed by atoms with E-state index in [2.05, 4.69) is 51.7 Å². The lowest BCUT2D eigenvalue weighted by Gasteiger charge is -2.34. The predicted molar refractivity (Wildman–Crippen MR) is 101 cm³/mol. The quantitative estimate of drug-likeness (QED) is 0.795. The maximum absolute atomic E-state index is 12.2. The first-order valence-corrected chi connectivity index (χ1v) is 9.06. The van der Waals surface area contributed by atoms with Gasteiger partial charge in [0.15, 0.2) is 0 Å². The van der Waals surface area contributed by atoms with Crippen molar-refractivity contribution in [1.29, 1.82) is 0 Å². The van der Waals surface area contributed by atoms with Crippen molar-refractivity contribution in [3.05, 3.63) is 59.8 Å². The Hall–Kier alpha value is -2.40. The van der Waals surface area contributed by atoms with E-state index >= 15 is 0 Å². The van der Waals surface area contributed by atoms with Crippen LogP contribution in [-0.2, 0) is 0 Å². The highest BCUT2D eigenvalue weighted by Gasteiger charge is 2.22. The summed E-state index contributed by atoms with van der Waals surface area (Å²) in [5.41, 5.74) is 1.77. The van der Waals surface area contributed by atoms with Crippen LogP contribution < -0.4 is 15.5 Å². The van der Waals surface area contributed by atoms with Gasteiger partial charge in [-0.2, -0.15) is 0 Å². The molecule has 1 fully saturated rings. The van der Waals surface area contributed by atoms with Crippen LogP contribution in [0.2, 0.25) is 0 Å². The molecule has 0 aliphatic carbocycles. The molecule has 3 rings (SSSR count). The number of pyridine rings is 1. The fourth-order valence-electron chi connectivity index (χ4n) is 3.06. The van der Waals surface area contributed by atoms with E-state index in [-0.39, 0.29) is 11.9 Å². The molecule has 0 spiro atoms. The van der Waals surface area contributed by atoms with Crippen molar-refractivity contribution in [2.24, 2.45) is 0 Å². The summed E-state index contributed by atoms with van der Waals surface area (Å²) in [6.07, 6.45) is 2.05. The molecule has 0 saturated carbocycles. The molecule has 1 amide bonds. The molecular weight excluding hydrogens is 312 g/mol. The van der Waals surface area contributed by atoms with E-state index in [1.165, 1.54) is 5.56 Å². The molecule has 2 aromatic rings. The molecule has 25 heavy (non-hydrogen) atoms. The molecule has 1 aliphatic rings. The van der Waals surface area contributed by atoms with Gasteiger partial charge in [-0.05, 0) is 24.1 Å². The minimum atomic E-state index is -0.0926. The number of anilines is 1. The normalized spacial score (nSPS) is 17.3. The van der Waals surface area contributed by atoms with E-state index in [1.54, 1.807) is 6.07 Å². The van der Waals surface area contributed by atoms with Gasteiger partial charge in [0.2, 0.25) is 0 Å². The second-order valence-corrected chi connectivity index (χ2v) is 6.35. The molecule has 1 saturated heterocycles. The number of carbonyl (C=O) groups is 1. The number of piperazine rings is 1. The van der Waals surface area contributed by atoms with E-state index in [9.17, 15) is 4.79 Å². The largest absolute Gasteiger partial charge is 0.353 e. The van der Waals surface area contributed by atoms with Crippen molar-refractivity contribution in [3.63, 3.8) is 0 Å². The first-order valence-electron chi connectivity index (χ1n) is 9.06. The van der Waals surface area contributed by atoms with Crippen molar-refractivity contribution in [2.45, 2.75) is 25.8 Å². The highest BCUT2D eigenvalue weighted by Crippen LogP contribution is 2.21. The first kappa shape index (κ1) is 17.4. The van der Waals surface area contributed by atoms with Crippen LogP contribution >= 0.6 is 0 Å². The third-order valence-electron chi connectivity index (χ3n) is 4.48. The van der Waals surface area contributed by atoms with Gasteiger partial charge in [-0.25, -0.2) is 4.98 Å². The van der Waals surface area contributed by atoms with Gasteiger partial charge in [0.1, 0.15) is 11.5 Å². The van der Waals surface area contributed by atoms with Crippen LogP contribution in [0, 0.1) is 0 Å². The van der Waals surface area contributed by atoms with Gasteiger partial charge in [-0.1, -0.05) is 49.7 Å². The molecule has 1 atom stereocenters. The average molecular weight is 338 g/mol. The van der Waals surface area contributed by atoms with E-state index in [4.69, 9.17) is 0 Å². The molecule has 132 valence electrons.